The van der Waals surface area contributed by atoms with Gasteiger partial charge in [-0.3, -0.25) is 9.80 Å². The van der Waals surface area contributed by atoms with Crippen LogP contribution in [-0.2, 0) is 0 Å². The van der Waals surface area contributed by atoms with Gasteiger partial charge in [0.05, 0.1) is 6.10 Å². The Morgan fingerprint density at radius 2 is 1.86 bits per heavy atom. The number of nitrogen functional groups attached to an aromatic ring is 1. The smallest absolute Gasteiger partial charge is 0.0917 e. The highest BCUT2D eigenvalue weighted by Gasteiger charge is 2.19. The molecule has 5 heteroatoms. The van der Waals surface area contributed by atoms with Crippen LogP contribution in [0.25, 0.3) is 0 Å². The Kier molecular flexibility index (Phi) is 5.99. The number of hydrogen-bond acceptors (Lipinski definition) is 5. The van der Waals surface area contributed by atoms with Crippen LogP contribution in [0.1, 0.15) is 11.7 Å². The fraction of sp³-hybridized carbons (Fsp3) is 0.625. The van der Waals surface area contributed by atoms with Gasteiger partial charge in [0.2, 0.25) is 0 Å². The highest BCUT2D eigenvalue weighted by atomic mass is 16.3. The quantitative estimate of drug-likeness (QED) is 0.747. The van der Waals surface area contributed by atoms with Crippen LogP contribution in [-0.4, -0.2) is 79.7 Å². The van der Waals surface area contributed by atoms with Crippen molar-refractivity contribution in [3.8, 4) is 0 Å². The molecule has 1 aromatic rings. The normalized spacial score (nSPS) is 19.0. The van der Waals surface area contributed by atoms with Crippen LogP contribution in [0.15, 0.2) is 24.3 Å². The standard InChI is InChI=1S/C16H28N4O/c1-18(2)6-7-19-8-10-20(11-9-19)13-16(21)14-4-3-5-15(17)12-14/h3-5,12,16,21H,6-11,13,17H2,1-2H3. The van der Waals surface area contributed by atoms with Gasteiger partial charge in [0.1, 0.15) is 0 Å². The van der Waals surface area contributed by atoms with E-state index in [2.05, 4.69) is 28.8 Å². The molecule has 0 bridgehead atoms. The minimum atomic E-state index is -0.457. The first-order valence-corrected chi connectivity index (χ1v) is 7.67. The zero-order valence-corrected chi connectivity index (χ0v) is 13.2. The van der Waals surface area contributed by atoms with E-state index in [4.69, 9.17) is 5.73 Å². The summed E-state index contributed by atoms with van der Waals surface area (Å²) in [5.41, 5.74) is 7.39. The summed E-state index contributed by atoms with van der Waals surface area (Å²) in [4.78, 5) is 7.04. The lowest BCUT2D eigenvalue weighted by Crippen LogP contribution is -2.48. The van der Waals surface area contributed by atoms with E-state index in [-0.39, 0.29) is 0 Å². The maximum Gasteiger partial charge on any atom is 0.0917 e. The first-order chi connectivity index (χ1) is 10.0. The fourth-order valence-electron chi connectivity index (χ4n) is 2.65. The first-order valence-electron chi connectivity index (χ1n) is 7.67. The topological polar surface area (TPSA) is 56.0 Å². The molecule has 1 aromatic carbocycles. The van der Waals surface area contributed by atoms with Gasteiger partial charge in [-0.15, -0.1) is 0 Å². The molecule has 0 radical (unpaired) electrons. The van der Waals surface area contributed by atoms with Crippen molar-refractivity contribution < 1.29 is 5.11 Å². The lowest BCUT2D eigenvalue weighted by atomic mass is 10.1. The van der Waals surface area contributed by atoms with Crippen molar-refractivity contribution in [1.82, 2.24) is 14.7 Å². The van der Waals surface area contributed by atoms with Crippen LogP contribution < -0.4 is 5.73 Å². The van der Waals surface area contributed by atoms with E-state index in [1.807, 2.05) is 24.3 Å². The molecule has 118 valence electrons. The molecule has 0 spiro atoms. The largest absolute Gasteiger partial charge is 0.399 e. The van der Waals surface area contributed by atoms with E-state index >= 15 is 0 Å². The molecule has 1 heterocycles. The van der Waals surface area contributed by atoms with Gasteiger partial charge in [0.25, 0.3) is 0 Å². The maximum atomic E-state index is 10.3. The fourth-order valence-corrected chi connectivity index (χ4v) is 2.65. The molecule has 1 aliphatic rings. The van der Waals surface area contributed by atoms with Crippen LogP contribution in [0.2, 0.25) is 0 Å². The Morgan fingerprint density at radius 1 is 1.19 bits per heavy atom. The zero-order valence-electron chi connectivity index (χ0n) is 13.2. The Labute approximate surface area is 127 Å². The van der Waals surface area contributed by atoms with Gasteiger partial charge >= 0.3 is 0 Å². The molecule has 1 atom stereocenters. The molecule has 0 saturated carbocycles. The van der Waals surface area contributed by atoms with Crippen molar-refractivity contribution in [3.63, 3.8) is 0 Å². The molecule has 1 fully saturated rings. The van der Waals surface area contributed by atoms with E-state index in [1.54, 1.807) is 0 Å². The average molecular weight is 292 g/mol. The molecule has 0 aromatic heterocycles. The van der Waals surface area contributed by atoms with Gasteiger partial charge < -0.3 is 15.7 Å². The number of likely N-dealkylation sites (N-methyl/N-ethyl adjacent to an activating group) is 1. The monoisotopic (exact) mass is 292 g/mol. The summed E-state index contributed by atoms with van der Waals surface area (Å²) in [6, 6.07) is 7.54. The molecule has 3 N–H and O–H groups in total. The summed E-state index contributed by atoms with van der Waals surface area (Å²) in [5.74, 6) is 0. The molecule has 0 amide bonds. The number of piperazine rings is 1. The zero-order chi connectivity index (χ0) is 15.2. The predicted molar refractivity (Wildman–Crippen MR) is 87.2 cm³/mol. The van der Waals surface area contributed by atoms with Crippen LogP contribution in [0.4, 0.5) is 5.69 Å². The molecule has 5 nitrogen and oxygen atoms in total. The Balaban J connectivity index is 1.75. The van der Waals surface area contributed by atoms with E-state index in [1.165, 1.54) is 0 Å². The summed E-state index contributed by atoms with van der Waals surface area (Å²) in [7, 11) is 4.22. The minimum absolute atomic E-state index is 0.457. The molecule has 2 rings (SSSR count). The molecule has 21 heavy (non-hydrogen) atoms. The Morgan fingerprint density at radius 3 is 2.48 bits per heavy atom. The minimum Gasteiger partial charge on any atom is -0.399 e. The molecular formula is C16H28N4O. The van der Waals surface area contributed by atoms with Crippen molar-refractivity contribution in [1.29, 1.82) is 0 Å². The second-order valence-corrected chi connectivity index (χ2v) is 6.13. The van der Waals surface area contributed by atoms with Crippen molar-refractivity contribution >= 4 is 5.69 Å². The first kappa shape index (κ1) is 16.2. The second kappa shape index (κ2) is 7.75. The predicted octanol–water partition coefficient (Wildman–Crippen LogP) is 0.481. The van der Waals surface area contributed by atoms with Gasteiger partial charge in [0.15, 0.2) is 0 Å². The number of hydrogen-bond donors (Lipinski definition) is 2. The Hall–Kier alpha value is -1.14. The number of anilines is 1. The highest BCUT2D eigenvalue weighted by molar-refractivity contribution is 5.41. The van der Waals surface area contributed by atoms with Gasteiger partial charge in [0, 0.05) is 51.5 Å². The van der Waals surface area contributed by atoms with Gasteiger partial charge in [-0.2, -0.15) is 0 Å². The Bertz CT molecular complexity index is 430. The van der Waals surface area contributed by atoms with Crippen molar-refractivity contribution in [3.05, 3.63) is 29.8 Å². The van der Waals surface area contributed by atoms with Crippen LogP contribution in [0.5, 0.6) is 0 Å². The van der Waals surface area contributed by atoms with E-state index in [9.17, 15) is 5.11 Å². The van der Waals surface area contributed by atoms with E-state index in [0.29, 0.717) is 12.2 Å². The number of aliphatic hydroxyl groups is 1. The van der Waals surface area contributed by atoms with Gasteiger partial charge in [-0.1, -0.05) is 12.1 Å². The maximum absolute atomic E-state index is 10.3. The summed E-state index contributed by atoms with van der Waals surface area (Å²) in [6.07, 6.45) is -0.457. The summed E-state index contributed by atoms with van der Waals surface area (Å²) >= 11 is 0. The van der Waals surface area contributed by atoms with Crippen molar-refractivity contribution in [2.24, 2.45) is 0 Å². The average Bonchev–Trinajstić information content (AvgIpc) is 2.46. The molecule has 0 aliphatic carbocycles. The number of β-amino-alcohol motifs (C(OH)–C–C–N with tert-alkyl or cyclic N) is 1. The van der Waals surface area contributed by atoms with Gasteiger partial charge in [-0.05, 0) is 31.8 Å². The summed E-state index contributed by atoms with van der Waals surface area (Å²) < 4.78 is 0. The van der Waals surface area contributed by atoms with Crippen LogP contribution >= 0.6 is 0 Å². The van der Waals surface area contributed by atoms with Crippen molar-refractivity contribution in [2.45, 2.75) is 6.10 Å². The third-order valence-corrected chi connectivity index (χ3v) is 4.05. The second-order valence-electron chi connectivity index (χ2n) is 6.13. The molecule has 1 aliphatic heterocycles. The van der Waals surface area contributed by atoms with Crippen LogP contribution in [0, 0.1) is 0 Å². The van der Waals surface area contributed by atoms with E-state index in [0.717, 1.165) is 44.8 Å². The lowest BCUT2D eigenvalue weighted by molar-refractivity contribution is 0.0705. The molecular weight excluding hydrogens is 264 g/mol. The van der Waals surface area contributed by atoms with Crippen molar-refractivity contribution in [2.75, 3.05) is 65.6 Å². The third kappa shape index (κ3) is 5.28. The highest BCUT2D eigenvalue weighted by Crippen LogP contribution is 2.17. The SMILES string of the molecule is CN(C)CCN1CCN(CC(O)c2cccc(N)c2)CC1. The molecule has 1 unspecified atom stereocenters. The van der Waals surface area contributed by atoms with Gasteiger partial charge in [-0.25, -0.2) is 0 Å². The number of nitrogens with two attached hydrogens (primary N) is 1. The molecule has 1 saturated heterocycles. The number of benzene rings is 1. The van der Waals surface area contributed by atoms with E-state index < -0.39 is 6.10 Å². The summed E-state index contributed by atoms with van der Waals surface area (Å²) in [5, 5.41) is 10.3. The number of aliphatic hydroxyl groups excluding tert-OH is 1. The number of rotatable bonds is 6. The third-order valence-electron chi connectivity index (χ3n) is 4.05. The lowest BCUT2D eigenvalue weighted by Gasteiger charge is -2.36. The van der Waals surface area contributed by atoms with Crippen LogP contribution in [0.3, 0.4) is 0 Å². The summed E-state index contributed by atoms with van der Waals surface area (Å²) in [6.45, 7) is 7.12. The number of nitrogens with zero attached hydrogens (tertiary/aromatic N) is 3.